The topological polar surface area (TPSA) is 68.6 Å². The van der Waals surface area contributed by atoms with Gasteiger partial charge in [-0.25, -0.2) is 19.3 Å². The molecule has 2 aromatic heterocycles. The van der Waals surface area contributed by atoms with Crippen LogP contribution in [0.2, 0.25) is 0 Å². The molecular formula is C27H32ClFN4O3. The number of halogens is 2. The summed E-state index contributed by atoms with van der Waals surface area (Å²) in [5, 5.41) is 5.58. The second kappa shape index (κ2) is 11.7. The number of benzene rings is 1. The standard InChI is InChI=1S/C23H23ClFN3O3.C4H9N/c24-11-16-14-27(13-15-4-6-17(25)7-5-15)19-12-26-22-18(21(16)19)8-9-28(23(22)29)31-20-3-1-2-10-30-20;1-2-4-5-3-1/h4-7,12,14,20H,1-3,8-11,13H2;5H,1-4H2. The molecule has 2 fully saturated rings. The first kappa shape index (κ1) is 25.1. The summed E-state index contributed by atoms with van der Waals surface area (Å²) in [7, 11) is 0. The summed E-state index contributed by atoms with van der Waals surface area (Å²) in [5.41, 5.74) is 4.15. The molecule has 0 radical (unpaired) electrons. The predicted octanol–water partition coefficient (Wildman–Crippen LogP) is 4.79. The van der Waals surface area contributed by atoms with Crippen molar-refractivity contribution in [2.75, 3.05) is 26.2 Å². The molecule has 0 saturated carbocycles. The second-order valence-corrected chi connectivity index (χ2v) is 9.67. The normalized spacial score (nSPS) is 19.8. The molecular weight excluding hydrogens is 483 g/mol. The highest BCUT2D eigenvalue weighted by molar-refractivity contribution is 6.18. The van der Waals surface area contributed by atoms with E-state index >= 15 is 0 Å². The lowest BCUT2D eigenvalue weighted by Crippen LogP contribution is -2.42. The van der Waals surface area contributed by atoms with Crippen LogP contribution in [0.5, 0.6) is 0 Å². The first-order valence-electron chi connectivity index (χ1n) is 12.7. The molecule has 36 heavy (non-hydrogen) atoms. The van der Waals surface area contributed by atoms with Gasteiger partial charge in [-0.3, -0.25) is 4.79 Å². The van der Waals surface area contributed by atoms with Gasteiger partial charge in [-0.2, -0.15) is 0 Å². The van der Waals surface area contributed by atoms with Gasteiger partial charge in [-0.15, -0.1) is 11.6 Å². The van der Waals surface area contributed by atoms with E-state index in [1.165, 1.54) is 43.1 Å². The van der Waals surface area contributed by atoms with Gasteiger partial charge in [-0.05, 0) is 74.0 Å². The largest absolute Gasteiger partial charge is 0.350 e. The van der Waals surface area contributed by atoms with Gasteiger partial charge in [-0.1, -0.05) is 12.1 Å². The Kier molecular flexibility index (Phi) is 8.16. The number of fused-ring (bicyclic) bond motifs is 3. The Labute approximate surface area is 215 Å². The number of hydrogen-bond donors (Lipinski definition) is 1. The van der Waals surface area contributed by atoms with E-state index in [2.05, 4.69) is 14.9 Å². The lowest BCUT2D eigenvalue weighted by Gasteiger charge is -2.32. The lowest BCUT2D eigenvalue weighted by atomic mass is 9.99. The maximum Gasteiger partial charge on any atom is 0.296 e. The molecule has 3 aliphatic rings. The number of pyridine rings is 1. The summed E-state index contributed by atoms with van der Waals surface area (Å²) in [4.78, 5) is 23.4. The van der Waals surface area contributed by atoms with Gasteiger partial charge in [0, 0.05) is 37.0 Å². The fraction of sp³-hybridized carbons (Fsp3) is 0.481. The molecule has 1 aromatic carbocycles. The zero-order chi connectivity index (χ0) is 24.9. The van der Waals surface area contributed by atoms with Crippen molar-refractivity contribution in [3.8, 4) is 0 Å². The zero-order valence-electron chi connectivity index (χ0n) is 20.3. The minimum atomic E-state index is -0.377. The van der Waals surface area contributed by atoms with Crippen LogP contribution in [0.25, 0.3) is 10.9 Å². The molecule has 0 aliphatic carbocycles. The van der Waals surface area contributed by atoms with Gasteiger partial charge >= 0.3 is 0 Å². The summed E-state index contributed by atoms with van der Waals surface area (Å²) in [6.07, 6.45) is 9.57. The van der Waals surface area contributed by atoms with Crippen LogP contribution in [0.15, 0.2) is 36.7 Å². The quantitative estimate of drug-likeness (QED) is 0.496. The molecule has 5 heterocycles. The molecule has 9 heteroatoms. The third-order valence-electron chi connectivity index (χ3n) is 6.85. The summed E-state index contributed by atoms with van der Waals surface area (Å²) in [5.74, 6) is -0.181. The maximum atomic E-state index is 13.3. The van der Waals surface area contributed by atoms with Crippen molar-refractivity contribution < 1.29 is 18.8 Å². The molecule has 0 spiro atoms. The van der Waals surface area contributed by atoms with Gasteiger partial charge in [0.15, 0.2) is 6.29 Å². The highest BCUT2D eigenvalue weighted by Gasteiger charge is 2.32. The van der Waals surface area contributed by atoms with E-state index < -0.39 is 0 Å². The van der Waals surface area contributed by atoms with E-state index in [0.29, 0.717) is 37.7 Å². The molecule has 3 aromatic rings. The van der Waals surface area contributed by atoms with Gasteiger partial charge in [0.2, 0.25) is 0 Å². The molecule has 192 valence electrons. The SMILES string of the molecule is C1CCNC1.O=C1c2ncc3c(c(CCl)cn3Cc3ccc(F)cc3)c2CCN1OC1CCCCO1. The van der Waals surface area contributed by atoms with Crippen LogP contribution in [-0.2, 0) is 28.4 Å². The van der Waals surface area contributed by atoms with E-state index in [9.17, 15) is 9.18 Å². The van der Waals surface area contributed by atoms with Gasteiger partial charge < -0.3 is 14.6 Å². The molecule has 1 amide bonds. The summed E-state index contributed by atoms with van der Waals surface area (Å²) < 4.78 is 20.9. The van der Waals surface area contributed by atoms with Crippen molar-refractivity contribution in [2.24, 2.45) is 0 Å². The molecule has 0 bridgehead atoms. The Morgan fingerprint density at radius 2 is 1.97 bits per heavy atom. The number of amides is 1. The Bertz CT molecular complexity index is 1180. The Balaban J connectivity index is 0.000000477. The number of aromatic nitrogens is 2. The third-order valence-corrected chi connectivity index (χ3v) is 7.13. The minimum Gasteiger partial charge on any atom is -0.350 e. The van der Waals surface area contributed by atoms with Crippen molar-refractivity contribution in [3.05, 3.63) is 64.9 Å². The monoisotopic (exact) mass is 514 g/mol. The van der Waals surface area contributed by atoms with E-state index in [0.717, 1.165) is 46.9 Å². The predicted molar refractivity (Wildman–Crippen MR) is 136 cm³/mol. The van der Waals surface area contributed by atoms with E-state index in [1.54, 1.807) is 18.3 Å². The minimum absolute atomic E-state index is 0.246. The summed E-state index contributed by atoms with van der Waals surface area (Å²) in [6, 6.07) is 6.43. The van der Waals surface area contributed by atoms with Crippen LogP contribution in [0.3, 0.4) is 0 Å². The Hall–Kier alpha value is -2.52. The van der Waals surface area contributed by atoms with E-state index in [1.807, 2.05) is 6.20 Å². The number of ether oxygens (including phenoxy) is 1. The number of carbonyl (C=O) groups is 1. The Morgan fingerprint density at radius 1 is 1.17 bits per heavy atom. The average Bonchev–Trinajstić information content (AvgIpc) is 3.60. The maximum absolute atomic E-state index is 13.3. The van der Waals surface area contributed by atoms with Crippen molar-refractivity contribution in [3.63, 3.8) is 0 Å². The fourth-order valence-electron chi connectivity index (χ4n) is 4.98. The van der Waals surface area contributed by atoms with Crippen LogP contribution < -0.4 is 5.32 Å². The number of hydrogen-bond acceptors (Lipinski definition) is 5. The second-order valence-electron chi connectivity index (χ2n) is 9.40. The van der Waals surface area contributed by atoms with Crippen LogP contribution in [-0.4, -0.2) is 53.1 Å². The highest BCUT2D eigenvalue weighted by Crippen LogP contribution is 2.32. The number of hydroxylamine groups is 2. The van der Waals surface area contributed by atoms with Crippen LogP contribution in [0.4, 0.5) is 4.39 Å². The number of nitrogens with zero attached hydrogens (tertiary/aromatic N) is 3. The first-order valence-corrected chi connectivity index (χ1v) is 13.3. The number of carbonyl (C=O) groups excluding carboxylic acids is 1. The smallest absolute Gasteiger partial charge is 0.296 e. The van der Waals surface area contributed by atoms with E-state index in [4.69, 9.17) is 21.2 Å². The first-order chi connectivity index (χ1) is 17.6. The average molecular weight is 515 g/mol. The van der Waals surface area contributed by atoms with Crippen molar-refractivity contribution in [1.29, 1.82) is 0 Å². The molecule has 7 nitrogen and oxygen atoms in total. The molecule has 1 atom stereocenters. The third kappa shape index (κ3) is 5.57. The Morgan fingerprint density at radius 3 is 2.64 bits per heavy atom. The van der Waals surface area contributed by atoms with Crippen LogP contribution >= 0.6 is 11.6 Å². The van der Waals surface area contributed by atoms with Crippen LogP contribution in [0, 0.1) is 5.82 Å². The fourth-order valence-corrected chi connectivity index (χ4v) is 5.18. The van der Waals surface area contributed by atoms with E-state index in [-0.39, 0.29) is 18.0 Å². The number of alkyl halides is 1. The summed E-state index contributed by atoms with van der Waals surface area (Å²) >= 11 is 6.26. The lowest BCUT2D eigenvalue weighted by molar-refractivity contribution is -0.267. The van der Waals surface area contributed by atoms with Crippen molar-refractivity contribution >= 4 is 28.4 Å². The molecule has 3 aliphatic heterocycles. The van der Waals surface area contributed by atoms with Gasteiger partial charge in [0.1, 0.15) is 11.5 Å². The molecule has 6 rings (SSSR count). The van der Waals surface area contributed by atoms with Gasteiger partial charge in [0.05, 0.1) is 18.3 Å². The highest BCUT2D eigenvalue weighted by atomic mass is 35.5. The van der Waals surface area contributed by atoms with Gasteiger partial charge in [0.25, 0.3) is 5.91 Å². The number of nitrogens with one attached hydrogen (secondary N) is 1. The van der Waals surface area contributed by atoms with Crippen molar-refractivity contribution in [1.82, 2.24) is 19.9 Å². The summed E-state index contributed by atoms with van der Waals surface area (Å²) in [6.45, 7) is 4.16. The molecule has 2 saturated heterocycles. The van der Waals surface area contributed by atoms with Crippen LogP contribution in [0.1, 0.15) is 59.3 Å². The zero-order valence-corrected chi connectivity index (χ0v) is 21.1. The molecule has 1 unspecified atom stereocenters. The van der Waals surface area contributed by atoms with Crippen molar-refractivity contribution in [2.45, 2.75) is 57.2 Å². The molecule has 1 N–H and O–H groups in total. The number of rotatable bonds is 5.